The number of rotatable bonds is 7. The monoisotopic (exact) mass is 492 g/mol. The van der Waals surface area contributed by atoms with Gasteiger partial charge < -0.3 is 25.4 Å². The van der Waals surface area contributed by atoms with Crippen LogP contribution in [0.15, 0.2) is 23.2 Å². The molecule has 27 heavy (non-hydrogen) atoms. The van der Waals surface area contributed by atoms with Gasteiger partial charge in [-0.1, -0.05) is 12.1 Å². The number of benzene rings is 1. The molecule has 0 fully saturated rings. The van der Waals surface area contributed by atoms with Crippen molar-refractivity contribution < 1.29 is 14.6 Å². The zero-order valence-corrected chi connectivity index (χ0v) is 19.5. The van der Waals surface area contributed by atoms with Gasteiger partial charge in [-0.2, -0.15) is 0 Å². The highest BCUT2D eigenvalue weighted by Crippen LogP contribution is 2.29. The molecule has 0 atom stereocenters. The highest BCUT2D eigenvalue weighted by molar-refractivity contribution is 14.0. The van der Waals surface area contributed by atoms with Gasteiger partial charge in [0.1, 0.15) is 0 Å². The zero-order valence-electron chi connectivity index (χ0n) is 17.1. The minimum Gasteiger partial charge on any atom is -0.504 e. The van der Waals surface area contributed by atoms with Crippen molar-refractivity contribution in [1.82, 2.24) is 15.5 Å². The molecule has 0 aliphatic carbocycles. The van der Waals surface area contributed by atoms with Gasteiger partial charge in [0.25, 0.3) is 0 Å². The van der Waals surface area contributed by atoms with E-state index in [9.17, 15) is 9.90 Å². The number of hydrogen-bond acceptors (Lipinski definition) is 4. The minimum atomic E-state index is -0.267. The van der Waals surface area contributed by atoms with E-state index in [4.69, 9.17) is 4.74 Å². The van der Waals surface area contributed by atoms with Crippen LogP contribution in [0.4, 0.5) is 0 Å². The van der Waals surface area contributed by atoms with Crippen LogP contribution in [-0.2, 0) is 11.2 Å². The van der Waals surface area contributed by atoms with E-state index in [0.29, 0.717) is 31.2 Å². The van der Waals surface area contributed by atoms with E-state index in [0.717, 1.165) is 5.56 Å². The summed E-state index contributed by atoms with van der Waals surface area (Å²) in [6, 6.07) is 5.40. The Labute approximate surface area is 179 Å². The van der Waals surface area contributed by atoms with Crippen LogP contribution in [0.3, 0.4) is 0 Å². The van der Waals surface area contributed by atoms with E-state index in [1.54, 1.807) is 11.0 Å². The molecule has 0 aliphatic rings. The third-order valence-corrected chi connectivity index (χ3v) is 3.54. The Balaban J connectivity index is 0.00000676. The number of nitrogens with one attached hydrogen (secondary N) is 2. The van der Waals surface area contributed by atoms with Crippen LogP contribution >= 0.6 is 24.0 Å². The number of phenols is 1. The van der Waals surface area contributed by atoms with Crippen molar-refractivity contribution in [3.63, 3.8) is 0 Å². The zero-order chi connectivity index (χ0) is 19.7. The van der Waals surface area contributed by atoms with E-state index < -0.39 is 0 Å². The number of aliphatic imine (C=N–C) groups is 1. The van der Waals surface area contributed by atoms with Crippen molar-refractivity contribution in [1.29, 1.82) is 0 Å². The quantitative estimate of drug-likeness (QED) is 0.309. The summed E-state index contributed by atoms with van der Waals surface area (Å²) in [6.07, 6.45) is 0.569. The summed E-state index contributed by atoms with van der Waals surface area (Å²) in [5, 5.41) is 16.3. The second-order valence-electron chi connectivity index (χ2n) is 7.11. The summed E-state index contributed by atoms with van der Waals surface area (Å²) in [6.45, 7) is 9.23. The molecule has 0 heterocycles. The molecule has 0 spiro atoms. The number of halogens is 1. The lowest BCUT2D eigenvalue weighted by atomic mass is 10.1. The third kappa shape index (κ3) is 9.16. The summed E-state index contributed by atoms with van der Waals surface area (Å²) in [7, 11) is 3.35. The Kier molecular flexibility index (Phi) is 11.1. The van der Waals surface area contributed by atoms with Crippen molar-refractivity contribution in [3.05, 3.63) is 23.8 Å². The first-order valence-electron chi connectivity index (χ1n) is 8.83. The number of likely N-dealkylation sites (N-methyl/N-ethyl adjacent to an activating group) is 1. The topological polar surface area (TPSA) is 86.2 Å². The Hall–Kier alpha value is -1.71. The van der Waals surface area contributed by atoms with Gasteiger partial charge in [0, 0.05) is 25.7 Å². The SMILES string of the molecule is CCNC(=NCCc1cccc(OC)c1O)N(C)CC(=O)NC(C)(C)C.I. The van der Waals surface area contributed by atoms with Crippen molar-refractivity contribution in [2.45, 2.75) is 39.7 Å². The van der Waals surface area contributed by atoms with Gasteiger partial charge in [0.15, 0.2) is 17.5 Å². The first-order valence-corrected chi connectivity index (χ1v) is 8.83. The Morgan fingerprint density at radius 2 is 2.00 bits per heavy atom. The van der Waals surface area contributed by atoms with Gasteiger partial charge in [-0.15, -0.1) is 24.0 Å². The van der Waals surface area contributed by atoms with Gasteiger partial charge in [0.05, 0.1) is 13.7 Å². The summed E-state index contributed by atoms with van der Waals surface area (Å²) < 4.78 is 5.12. The van der Waals surface area contributed by atoms with Gasteiger partial charge in [-0.3, -0.25) is 9.79 Å². The number of carbonyl (C=O) groups excluding carboxylic acids is 1. The fourth-order valence-electron chi connectivity index (χ4n) is 2.43. The van der Waals surface area contributed by atoms with Crippen molar-refractivity contribution in [2.75, 3.05) is 33.8 Å². The number of aromatic hydroxyl groups is 1. The average Bonchev–Trinajstić information content (AvgIpc) is 2.53. The number of guanidine groups is 1. The van der Waals surface area contributed by atoms with Crippen LogP contribution in [0.2, 0.25) is 0 Å². The molecule has 3 N–H and O–H groups in total. The maximum atomic E-state index is 12.1. The lowest BCUT2D eigenvalue weighted by Crippen LogP contribution is -2.48. The summed E-state index contributed by atoms with van der Waals surface area (Å²) >= 11 is 0. The highest BCUT2D eigenvalue weighted by atomic mass is 127. The van der Waals surface area contributed by atoms with Gasteiger partial charge in [0.2, 0.25) is 5.91 Å². The molecule has 154 valence electrons. The molecule has 0 bridgehead atoms. The van der Waals surface area contributed by atoms with Crippen molar-refractivity contribution in [2.24, 2.45) is 4.99 Å². The minimum absolute atomic E-state index is 0. The largest absolute Gasteiger partial charge is 0.504 e. The molecule has 0 aromatic heterocycles. The normalized spacial score (nSPS) is 11.4. The van der Waals surface area contributed by atoms with Crippen LogP contribution in [0.5, 0.6) is 11.5 Å². The van der Waals surface area contributed by atoms with E-state index in [-0.39, 0.29) is 47.7 Å². The van der Waals surface area contributed by atoms with Crippen LogP contribution < -0.4 is 15.4 Å². The van der Waals surface area contributed by atoms with Crippen LogP contribution in [0.1, 0.15) is 33.3 Å². The molecule has 0 aliphatic heterocycles. The standard InChI is InChI=1S/C19H32N4O3.HI/c1-7-20-18(23(5)13-16(24)22-19(2,3)4)21-12-11-14-9-8-10-15(26-6)17(14)25;/h8-10,25H,7,11-13H2,1-6H3,(H,20,21)(H,22,24);1H. The predicted octanol–water partition coefficient (Wildman–Crippen LogP) is 2.37. The summed E-state index contributed by atoms with van der Waals surface area (Å²) in [5.74, 6) is 1.19. The second kappa shape index (κ2) is 11.9. The second-order valence-corrected chi connectivity index (χ2v) is 7.11. The summed E-state index contributed by atoms with van der Waals surface area (Å²) in [5.41, 5.74) is 0.509. The molecule has 1 amide bonds. The van der Waals surface area contributed by atoms with Crippen molar-refractivity contribution in [3.8, 4) is 11.5 Å². The first-order chi connectivity index (χ1) is 12.2. The Morgan fingerprint density at radius 3 is 2.56 bits per heavy atom. The lowest BCUT2D eigenvalue weighted by molar-refractivity contribution is -0.122. The molecule has 0 saturated heterocycles. The number of nitrogens with zero attached hydrogens (tertiary/aromatic N) is 2. The molecule has 7 nitrogen and oxygen atoms in total. The van der Waals surface area contributed by atoms with Crippen LogP contribution in [0.25, 0.3) is 0 Å². The van der Waals surface area contributed by atoms with Gasteiger partial charge >= 0.3 is 0 Å². The third-order valence-electron chi connectivity index (χ3n) is 3.54. The fourth-order valence-corrected chi connectivity index (χ4v) is 2.43. The number of carbonyl (C=O) groups is 1. The molecule has 1 rings (SSSR count). The van der Waals surface area contributed by atoms with Crippen LogP contribution in [0, 0.1) is 0 Å². The Bertz CT molecular complexity index is 630. The van der Waals surface area contributed by atoms with Gasteiger partial charge in [-0.05, 0) is 45.7 Å². The molecular formula is C19H33IN4O3. The summed E-state index contributed by atoms with van der Waals surface area (Å²) in [4.78, 5) is 18.4. The number of methoxy groups -OCH3 is 1. The van der Waals surface area contributed by atoms with Crippen LogP contribution in [-0.4, -0.2) is 61.2 Å². The van der Waals surface area contributed by atoms with Gasteiger partial charge in [-0.25, -0.2) is 0 Å². The number of para-hydroxylation sites is 1. The van der Waals surface area contributed by atoms with Crippen molar-refractivity contribution >= 4 is 35.8 Å². The number of ether oxygens (including phenoxy) is 1. The maximum absolute atomic E-state index is 12.1. The molecule has 1 aromatic carbocycles. The molecule has 0 saturated carbocycles. The molecule has 8 heteroatoms. The van der Waals surface area contributed by atoms with E-state index >= 15 is 0 Å². The average molecular weight is 492 g/mol. The lowest BCUT2D eigenvalue weighted by Gasteiger charge is -2.25. The maximum Gasteiger partial charge on any atom is 0.240 e. The molecule has 1 aromatic rings. The van der Waals surface area contributed by atoms with E-state index in [1.807, 2.05) is 46.9 Å². The molecule has 0 unspecified atom stereocenters. The molecule has 0 radical (unpaired) electrons. The number of hydrogen-bond donors (Lipinski definition) is 3. The Morgan fingerprint density at radius 1 is 1.33 bits per heavy atom. The first kappa shape index (κ1) is 25.3. The number of phenolic OH excluding ortho intramolecular Hbond substituents is 1. The fraction of sp³-hybridized carbons (Fsp3) is 0.579. The van der Waals surface area contributed by atoms with E-state index in [1.165, 1.54) is 7.11 Å². The highest BCUT2D eigenvalue weighted by Gasteiger charge is 2.16. The molecular weight excluding hydrogens is 459 g/mol. The van der Waals surface area contributed by atoms with E-state index in [2.05, 4.69) is 15.6 Å². The number of amides is 1. The predicted molar refractivity (Wildman–Crippen MR) is 120 cm³/mol. The smallest absolute Gasteiger partial charge is 0.240 e.